The van der Waals surface area contributed by atoms with Gasteiger partial charge in [0.1, 0.15) is 6.10 Å². The van der Waals surface area contributed by atoms with Gasteiger partial charge in [-0.2, -0.15) is 0 Å². The number of epoxide rings is 1. The zero-order valence-corrected chi connectivity index (χ0v) is 9.41. The Hall–Kier alpha value is -0.900. The summed E-state index contributed by atoms with van der Waals surface area (Å²) in [5, 5.41) is 18.5. The van der Waals surface area contributed by atoms with E-state index in [-0.39, 0.29) is 24.7 Å². The van der Waals surface area contributed by atoms with E-state index < -0.39 is 6.10 Å². The van der Waals surface area contributed by atoms with Gasteiger partial charge in [0.05, 0.1) is 12.2 Å². The third-order valence-electron chi connectivity index (χ3n) is 3.20. The molecule has 2 rings (SSSR count). The number of aliphatic hydroxyl groups excluding tert-OH is 2. The molecule has 0 bridgehead atoms. The Morgan fingerprint density at radius 3 is 2.62 bits per heavy atom. The second-order valence-corrected chi connectivity index (χ2v) is 4.37. The molecule has 2 N–H and O–H groups in total. The van der Waals surface area contributed by atoms with Gasteiger partial charge < -0.3 is 14.9 Å². The van der Waals surface area contributed by atoms with Crippen molar-refractivity contribution in [3.63, 3.8) is 0 Å². The molecule has 3 nitrogen and oxygen atoms in total. The molecule has 1 saturated heterocycles. The Morgan fingerprint density at radius 1 is 1.31 bits per heavy atom. The number of aliphatic hydroxyl groups is 2. The predicted octanol–water partition coefficient (Wildman–Crippen LogP) is 1.51. The molecule has 0 aromatic heterocycles. The standard InChI is InChI=1S/C13H18O3/c1-9(11(15)7-8-14)12-13(16-12)10-5-3-2-4-6-10/h2-6,9,11-15H,7-8H2,1H3/t9-,11-,12+,13-/m0/s1. The summed E-state index contributed by atoms with van der Waals surface area (Å²) in [5.41, 5.74) is 1.16. The molecular weight excluding hydrogens is 204 g/mol. The predicted molar refractivity (Wildman–Crippen MR) is 60.9 cm³/mol. The van der Waals surface area contributed by atoms with Crippen molar-refractivity contribution in [1.82, 2.24) is 0 Å². The molecule has 0 radical (unpaired) electrons. The van der Waals surface area contributed by atoms with Crippen LogP contribution in [0.3, 0.4) is 0 Å². The van der Waals surface area contributed by atoms with Gasteiger partial charge in [0.25, 0.3) is 0 Å². The van der Waals surface area contributed by atoms with E-state index >= 15 is 0 Å². The molecule has 1 aliphatic heterocycles. The summed E-state index contributed by atoms with van der Waals surface area (Å²) in [6.45, 7) is 1.99. The molecular formula is C13H18O3. The van der Waals surface area contributed by atoms with Crippen LogP contribution in [0.2, 0.25) is 0 Å². The average molecular weight is 222 g/mol. The summed E-state index contributed by atoms with van der Waals surface area (Å²) in [4.78, 5) is 0. The van der Waals surface area contributed by atoms with Gasteiger partial charge in [-0.3, -0.25) is 0 Å². The Labute approximate surface area is 95.7 Å². The van der Waals surface area contributed by atoms with Crippen molar-refractivity contribution in [1.29, 1.82) is 0 Å². The minimum atomic E-state index is -0.483. The number of hydrogen-bond donors (Lipinski definition) is 2. The van der Waals surface area contributed by atoms with Crippen LogP contribution in [0.4, 0.5) is 0 Å². The smallest absolute Gasteiger partial charge is 0.110 e. The Balaban J connectivity index is 1.91. The molecule has 1 fully saturated rings. The van der Waals surface area contributed by atoms with Gasteiger partial charge in [-0.25, -0.2) is 0 Å². The highest BCUT2D eigenvalue weighted by atomic mass is 16.6. The maximum Gasteiger partial charge on any atom is 0.110 e. The molecule has 0 amide bonds. The zero-order chi connectivity index (χ0) is 11.5. The van der Waals surface area contributed by atoms with Crippen LogP contribution in [0.1, 0.15) is 25.0 Å². The molecule has 0 aliphatic carbocycles. The second-order valence-electron chi connectivity index (χ2n) is 4.37. The van der Waals surface area contributed by atoms with Gasteiger partial charge in [-0.1, -0.05) is 37.3 Å². The normalized spacial score (nSPS) is 27.4. The van der Waals surface area contributed by atoms with Crippen LogP contribution in [-0.2, 0) is 4.74 Å². The Bertz CT molecular complexity index is 325. The lowest BCUT2D eigenvalue weighted by Crippen LogP contribution is -2.23. The van der Waals surface area contributed by atoms with Gasteiger partial charge in [-0.05, 0) is 12.0 Å². The van der Waals surface area contributed by atoms with E-state index in [0.29, 0.717) is 6.42 Å². The van der Waals surface area contributed by atoms with Crippen molar-refractivity contribution < 1.29 is 14.9 Å². The summed E-state index contributed by atoms with van der Waals surface area (Å²) in [6, 6.07) is 10.0. The molecule has 1 heterocycles. The number of rotatable bonds is 5. The molecule has 1 aliphatic rings. The van der Waals surface area contributed by atoms with E-state index in [2.05, 4.69) is 0 Å². The zero-order valence-electron chi connectivity index (χ0n) is 9.41. The Kier molecular flexibility index (Phi) is 3.59. The number of benzene rings is 1. The Morgan fingerprint density at radius 2 is 2.00 bits per heavy atom. The van der Waals surface area contributed by atoms with E-state index in [1.54, 1.807) is 0 Å². The highest BCUT2D eigenvalue weighted by Gasteiger charge is 2.45. The van der Waals surface area contributed by atoms with E-state index in [0.717, 1.165) is 5.56 Å². The number of hydrogen-bond acceptors (Lipinski definition) is 3. The molecule has 3 heteroatoms. The monoisotopic (exact) mass is 222 g/mol. The van der Waals surface area contributed by atoms with Gasteiger partial charge in [0.15, 0.2) is 0 Å². The summed E-state index contributed by atoms with van der Waals surface area (Å²) >= 11 is 0. The van der Waals surface area contributed by atoms with Crippen molar-refractivity contribution in [3.8, 4) is 0 Å². The summed E-state index contributed by atoms with van der Waals surface area (Å²) < 4.78 is 5.59. The molecule has 4 atom stereocenters. The van der Waals surface area contributed by atoms with Crippen molar-refractivity contribution in [2.75, 3.05) is 6.61 Å². The molecule has 1 aromatic carbocycles. The van der Waals surface area contributed by atoms with Crippen LogP contribution in [0.25, 0.3) is 0 Å². The van der Waals surface area contributed by atoms with Gasteiger partial charge >= 0.3 is 0 Å². The van der Waals surface area contributed by atoms with E-state index in [1.807, 2.05) is 37.3 Å². The minimum absolute atomic E-state index is 0.0221. The maximum atomic E-state index is 9.75. The van der Waals surface area contributed by atoms with Gasteiger partial charge in [0, 0.05) is 12.5 Å². The second kappa shape index (κ2) is 4.95. The molecule has 0 saturated carbocycles. The number of ether oxygens (including phenoxy) is 1. The molecule has 16 heavy (non-hydrogen) atoms. The van der Waals surface area contributed by atoms with Crippen LogP contribution in [-0.4, -0.2) is 29.0 Å². The van der Waals surface area contributed by atoms with Crippen LogP contribution in [0.5, 0.6) is 0 Å². The summed E-state index contributed by atoms with van der Waals surface area (Å²) in [6.07, 6.45) is 0.139. The van der Waals surface area contributed by atoms with Crippen LogP contribution in [0.15, 0.2) is 30.3 Å². The fourth-order valence-corrected chi connectivity index (χ4v) is 2.05. The molecule has 1 aromatic rings. The van der Waals surface area contributed by atoms with Crippen molar-refractivity contribution in [3.05, 3.63) is 35.9 Å². The fourth-order valence-electron chi connectivity index (χ4n) is 2.05. The van der Waals surface area contributed by atoms with E-state index in [4.69, 9.17) is 9.84 Å². The van der Waals surface area contributed by atoms with E-state index in [9.17, 15) is 5.11 Å². The minimum Gasteiger partial charge on any atom is -0.396 e. The third kappa shape index (κ3) is 2.43. The first kappa shape index (κ1) is 11.6. The quantitative estimate of drug-likeness (QED) is 0.742. The third-order valence-corrected chi connectivity index (χ3v) is 3.20. The average Bonchev–Trinajstić information content (AvgIpc) is 3.09. The lowest BCUT2D eigenvalue weighted by atomic mass is 9.94. The van der Waals surface area contributed by atoms with Gasteiger partial charge in [-0.15, -0.1) is 0 Å². The largest absolute Gasteiger partial charge is 0.396 e. The SMILES string of the molecule is C[C@H]([C@H]1O[C@H]1c1ccccc1)[C@@H](O)CCO. The highest BCUT2D eigenvalue weighted by molar-refractivity contribution is 5.22. The van der Waals surface area contributed by atoms with Gasteiger partial charge in [0.2, 0.25) is 0 Å². The van der Waals surface area contributed by atoms with Crippen molar-refractivity contribution in [2.24, 2.45) is 5.92 Å². The first-order chi connectivity index (χ1) is 7.74. The van der Waals surface area contributed by atoms with E-state index in [1.165, 1.54) is 0 Å². The highest BCUT2D eigenvalue weighted by Crippen LogP contribution is 2.44. The maximum absolute atomic E-state index is 9.75. The first-order valence-electron chi connectivity index (χ1n) is 5.73. The topological polar surface area (TPSA) is 53.0 Å². The summed E-state index contributed by atoms with van der Waals surface area (Å²) in [7, 11) is 0. The van der Waals surface area contributed by atoms with Crippen molar-refractivity contribution >= 4 is 0 Å². The van der Waals surface area contributed by atoms with Crippen LogP contribution < -0.4 is 0 Å². The molecule has 0 unspecified atom stereocenters. The lowest BCUT2D eigenvalue weighted by molar-refractivity contribution is 0.0726. The van der Waals surface area contributed by atoms with Crippen LogP contribution in [0, 0.1) is 5.92 Å². The fraction of sp³-hybridized carbons (Fsp3) is 0.538. The van der Waals surface area contributed by atoms with Crippen LogP contribution >= 0.6 is 0 Å². The van der Waals surface area contributed by atoms with Crippen molar-refractivity contribution in [2.45, 2.75) is 31.7 Å². The first-order valence-corrected chi connectivity index (χ1v) is 5.73. The molecule has 0 spiro atoms. The summed E-state index contributed by atoms with van der Waals surface area (Å²) in [5.74, 6) is 0.0670. The molecule has 88 valence electrons. The lowest BCUT2D eigenvalue weighted by Gasteiger charge is -2.15.